The second kappa shape index (κ2) is 6.54. The van der Waals surface area contributed by atoms with E-state index in [1.54, 1.807) is 11.1 Å². The molecule has 5 nitrogen and oxygen atoms in total. The maximum atomic E-state index is 5.22. The van der Waals surface area contributed by atoms with Crippen molar-refractivity contribution in [1.82, 2.24) is 15.8 Å². The molecule has 0 bridgehead atoms. The number of rotatable bonds is 5. The standard InChI is InChI=1S/C20H26N4O/c1-4-21-20(22-10-17-12(2)24-25-13(17)3)23-11-18-16-9-14-7-5-6-8-15(14)19(16)18/h5-8,16,18-19H,4,9-11H2,1-3H3,(H2,21,22,23). The zero-order valence-electron chi connectivity index (χ0n) is 15.2. The highest BCUT2D eigenvalue weighted by Crippen LogP contribution is 2.60. The highest BCUT2D eigenvalue weighted by Gasteiger charge is 2.54. The SMILES string of the molecule is CCNC(=NCc1c(C)noc1C)NCC1C2Cc3ccccc3C12. The van der Waals surface area contributed by atoms with E-state index in [0.29, 0.717) is 6.54 Å². The van der Waals surface area contributed by atoms with E-state index in [0.717, 1.165) is 53.8 Å². The summed E-state index contributed by atoms with van der Waals surface area (Å²) in [6.45, 7) is 8.43. The fourth-order valence-electron chi connectivity index (χ4n) is 4.20. The van der Waals surface area contributed by atoms with Gasteiger partial charge in [-0.15, -0.1) is 0 Å². The van der Waals surface area contributed by atoms with E-state index in [-0.39, 0.29) is 0 Å². The lowest BCUT2D eigenvalue weighted by Crippen LogP contribution is -2.38. The Kier molecular flexibility index (Phi) is 4.24. The minimum Gasteiger partial charge on any atom is -0.361 e. The number of aliphatic imine (C=N–C) groups is 1. The van der Waals surface area contributed by atoms with Crippen LogP contribution in [0.25, 0.3) is 0 Å². The normalized spacial score (nSPS) is 24.0. The van der Waals surface area contributed by atoms with Crippen LogP contribution in [0.2, 0.25) is 0 Å². The third-order valence-electron chi connectivity index (χ3n) is 5.63. The molecule has 3 unspecified atom stereocenters. The number of hydrogen-bond acceptors (Lipinski definition) is 3. The summed E-state index contributed by atoms with van der Waals surface area (Å²) >= 11 is 0. The average molecular weight is 338 g/mol. The summed E-state index contributed by atoms with van der Waals surface area (Å²) in [6.07, 6.45) is 1.24. The molecule has 132 valence electrons. The highest BCUT2D eigenvalue weighted by molar-refractivity contribution is 5.79. The van der Waals surface area contributed by atoms with Crippen LogP contribution in [0, 0.1) is 25.7 Å². The van der Waals surface area contributed by atoms with Crippen molar-refractivity contribution >= 4 is 5.96 Å². The molecule has 1 aromatic heterocycles. The van der Waals surface area contributed by atoms with Gasteiger partial charge in [0.2, 0.25) is 0 Å². The molecule has 1 aromatic carbocycles. The summed E-state index contributed by atoms with van der Waals surface area (Å²) in [7, 11) is 0. The van der Waals surface area contributed by atoms with Crippen LogP contribution in [0.1, 0.15) is 41.0 Å². The first-order valence-corrected chi connectivity index (χ1v) is 9.20. The maximum Gasteiger partial charge on any atom is 0.191 e. The maximum absolute atomic E-state index is 5.22. The zero-order chi connectivity index (χ0) is 17.4. The van der Waals surface area contributed by atoms with E-state index < -0.39 is 0 Å². The molecule has 2 N–H and O–H groups in total. The highest BCUT2D eigenvalue weighted by atomic mass is 16.5. The Balaban J connectivity index is 1.37. The number of fused-ring (bicyclic) bond motifs is 3. The molecule has 0 aliphatic heterocycles. The number of hydrogen-bond donors (Lipinski definition) is 2. The van der Waals surface area contributed by atoms with Crippen molar-refractivity contribution in [2.45, 2.75) is 39.7 Å². The van der Waals surface area contributed by atoms with Crippen molar-refractivity contribution in [2.75, 3.05) is 13.1 Å². The Morgan fingerprint density at radius 3 is 2.88 bits per heavy atom. The lowest BCUT2D eigenvalue weighted by atomic mass is 10.0. The summed E-state index contributed by atoms with van der Waals surface area (Å²) in [6, 6.07) is 8.90. The lowest BCUT2D eigenvalue weighted by molar-refractivity contribution is 0.392. The first-order valence-electron chi connectivity index (χ1n) is 9.20. The first-order chi connectivity index (χ1) is 12.2. The third-order valence-corrected chi connectivity index (χ3v) is 5.63. The van der Waals surface area contributed by atoms with Crippen molar-refractivity contribution in [2.24, 2.45) is 16.8 Å². The van der Waals surface area contributed by atoms with E-state index in [4.69, 9.17) is 9.52 Å². The van der Waals surface area contributed by atoms with Crippen molar-refractivity contribution < 1.29 is 4.52 Å². The van der Waals surface area contributed by atoms with Gasteiger partial charge in [0.15, 0.2) is 5.96 Å². The van der Waals surface area contributed by atoms with Gasteiger partial charge in [-0.05, 0) is 56.1 Å². The summed E-state index contributed by atoms with van der Waals surface area (Å²) in [4.78, 5) is 4.71. The summed E-state index contributed by atoms with van der Waals surface area (Å²) in [5.74, 6) is 4.02. The van der Waals surface area contributed by atoms with Crippen LogP contribution in [0.4, 0.5) is 0 Å². The van der Waals surface area contributed by atoms with Gasteiger partial charge in [-0.3, -0.25) is 0 Å². The molecule has 0 amide bonds. The molecule has 0 saturated heterocycles. The Hall–Kier alpha value is -2.30. The van der Waals surface area contributed by atoms with Gasteiger partial charge in [-0.25, -0.2) is 4.99 Å². The molecule has 2 aliphatic rings. The molecule has 1 saturated carbocycles. The number of guanidine groups is 1. The summed E-state index contributed by atoms with van der Waals surface area (Å²) in [5.41, 5.74) is 5.12. The van der Waals surface area contributed by atoms with Gasteiger partial charge < -0.3 is 15.2 Å². The lowest BCUT2D eigenvalue weighted by Gasteiger charge is -2.13. The van der Waals surface area contributed by atoms with Gasteiger partial charge in [0.1, 0.15) is 5.76 Å². The zero-order valence-corrected chi connectivity index (χ0v) is 15.2. The third kappa shape index (κ3) is 3.03. The molecule has 25 heavy (non-hydrogen) atoms. The largest absolute Gasteiger partial charge is 0.361 e. The minimum absolute atomic E-state index is 0.594. The number of aryl methyl sites for hydroxylation is 2. The quantitative estimate of drug-likeness (QED) is 0.650. The Morgan fingerprint density at radius 2 is 2.12 bits per heavy atom. The molecule has 3 atom stereocenters. The Bertz CT molecular complexity index is 775. The topological polar surface area (TPSA) is 62.5 Å². The van der Waals surface area contributed by atoms with Crippen molar-refractivity contribution in [3.63, 3.8) is 0 Å². The Labute approximate surface area is 148 Å². The second-order valence-corrected chi connectivity index (χ2v) is 7.14. The summed E-state index contributed by atoms with van der Waals surface area (Å²) < 4.78 is 5.22. The average Bonchev–Trinajstić information content (AvgIpc) is 2.98. The number of nitrogens with one attached hydrogen (secondary N) is 2. The van der Waals surface area contributed by atoms with E-state index in [2.05, 4.69) is 47.0 Å². The van der Waals surface area contributed by atoms with Gasteiger partial charge in [-0.2, -0.15) is 0 Å². The van der Waals surface area contributed by atoms with E-state index in [9.17, 15) is 0 Å². The molecule has 1 fully saturated rings. The number of benzene rings is 1. The van der Waals surface area contributed by atoms with Gasteiger partial charge in [0.05, 0.1) is 12.2 Å². The van der Waals surface area contributed by atoms with Crippen LogP contribution in [0.15, 0.2) is 33.8 Å². The molecule has 0 radical (unpaired) electrons. The second-order valence-electron chi connectivity index (χ2n) is 7.14. The van der Waals surface area contributed by atoms with Crippen molar-refractivity contribution in [1.29, 1.82) is 0 Å². The molecule has 5 heteroatoms. The van der Waals surface area contributed by atoms with E-state index in [1.807, 2.05) is 13.8 Å². The molecular formula is C20H26N4O. The fourth-order valence-corrected chi connectivity index (χ4v) is 4.20. The van der Waals surface area contributed by atoms with Gasteiger partial charge in [0, 0.05) is 18.7 Å². The van der Waals surface area contributed by atoms with Crippen LogP contribution in [-0.4, -0.2) is 24.2 Å². The number of nitrogens with zero attached hydrogens (tertiary/aromatic N) is 2. The van der Waals surface area contributed by atoms with Crippen molar-refractivity contribution in [3.05, 3.63) is 52.4 Å². The van der Waals surface area contributed by atoms with Gasteiger partial charge >= 0.3 is 0 Å². The smallest absolute Gasteiger partial charge is 0.191 e. The van der Waals surface area contributed by atoms with Crippen LogP contribution in [-0.2, 0) is 13.0 Å². The molecular weight excluding hydrogens is 312 g/mol. The molecule has 2 aliphatic carbocycles. The molecule has 0 spiro atoms. The Morgan fingerprint density at radius 1 is 1.28 bits per heavy atom. The first kappa shape index (κ1) is 16.2. The monoisotopic (exact) mass is 338 g/mol. The number of aromatic nitrogens is 1. The summed E-state index contributed by atoms with van der Waals surface area (Å²) in [5, 5.41) is 10.9. The fraction of sp³-hybridized carbons (Fsp3) is 0.500. The van der Waals surface area contributed by atoms with Crippen molar-refractivity contribution in [3.8, 4) is 0 Å². The van der Waals surface area contributed by atoms with Crippen LogP contribution >= 0.6 is 0 Å². The van der Waals surface area contributed by atoms with E-state index >= 15 is 0 Å². The van der Waals surface area contributed by atoms with Crippen LogP contribution in [0.5, 0.6) is 0 Å². The van der Waals surface area contributed by atoms with Crippen LogP contribution < -0.4 is 10.6 Å². The van der Waals surface area contributed by atoms with Gasteiger partial charge in [-0.1, -0.05) is 29.4 Å². The predicted octanol–water partition coefficient (Wildman–Crippen LogP) is 2.93. The predicted molar refractivity (Wildman–Crippen MR) is 98.7 cm³/mol. The van der Waals surface area contributed by atoms with Crippen LogP contribution in [0.3, 0.4) is 0 Å². The molecule has 4 rings (SSSR count). The minimum atomic E-state index is 0.594. The molecule has 1 heterocycles. The van der Waals surface area contributed by atoms with Gasteiger partial charge in [0.25, 0.3) is 0 Å². The van der Waals surface area contributed by atoms with E-state index in [1.165, 1.54) is 6.42 Å². The molecule has 2 aromatic rings.